The molecule has 8 heteroatoms. The van der Waals surface area contributed by atoms with Gasteiger partial charge in [-0.15, -0.1) is 0 Å². The molecule has 3 rings (SSSR count). The van der Waals surface area contributed by atoms with Gasteiger partial charge >= 0.3 is 0 Å². The van der Waals surface area contributed by atoms with E-state index in [1.807, 2.05) is 14.0 Å². The summed E-state index contributed by atoms with van der Waals surface area (Å²) in [7, 11) is 1.82. The molecule has 0 bridgehead atoms. The van der Waals surface area contributed by atoms with Crippen LogP contribution in [0.15, 0.2) is 29.3 Å². The van der Waals surface area contributed by atoms with Crippen LogP contribution >= 0.6 is 0 Å². The molecule has 3 heterocycles. The van der Waals surface area contributed by atoms with Gasteiger partial charge in [0.1, 0.15) is 12.4 Å². The summed E-state index contributed by atoms with van der Waals surface area (Å²) in [5.41, 5.74) is 0.538. The molecule has 0 fully saturated rings. The Balaban J connectivity index is 2.08. The van der Waals surface area contributed by atoms with Crippen LogP contribution in [0.2, 0.25) is 0 Å². The fourth-order valence-electron chi connectivity index (χ4n) is 2.08. The normalized spacial score (nSPS) is 11.0. The maximum Gasteiger partial charge on any atom is 0.267 e. The van der Waals surface area contributed by atoms with Gasteiger partial charge in [0.15, 0.2) is 11.5 Å². The van der Waals surface area contributed by atoms with E-state index in [1.165, 1.54) is 10.7 Å². The van der Waals surface area contributed by atoms with Crippen molar-refractivity contribution < 1.29 is 0 Å². The zero-order valence-electron chi connectivity index (χ0n) is 11.8. The highest BCUT2D eigenvalue weighted by atomic mass is 16.1. The molecule has 0 radical (unpaired) electrons. The third-order valence-electron chi connectivity index (χ3n) is 3.06. The molecule has 0 aliphatic heterocycles. The summed E-state index contributed by atoms with van der Waals surface area (Å²) in [5.74, 6) is 1.23. The maximum atomic E-state index is 11.7. The lowest BCUT2D eigenvalue weighted by Crippen LogP contribution is -2.23. The smallest absolute Gasteiger partial charge is 0.267 e. The number of aryl methyl sites for hydroxylation is 1. The van der Waals surface area contributed by atoms with Crippen LogP contribution in [-0.2, 0) is 13.6 Å². The molecule has 0 aliphatic carbocycles. The highest BCUT2D eigenvalue weighted by Gasteiger charge is 2.11. The monoisotopic (exact) mass is 285 g/mol. The molecule has 0 aromatic carbocycles. The van der Waals surface area contributed by atoms with E-state index in [0.29, 0.717) is 5.82 Å². The lowest BCUT2D eigenvalue weighted by molar-refractivity contribution is 0.615. The van der Waals surface area contributed by atoms with Gasteiger partial charge in [0.25, 0.3) is 5.56 Å². The second-order valence-electron chi connectivity index (χ2n) is 4.54. The molecule has 108 valence electrons. The third-order valence-corrected chi connectivity index (χ3v) is 3.06. The van der Waals surface area contributed by atoms with Crippen molar-refractivity contribution in [2.75, 3.05) is 11.9 Å². The third kappa shape index (κ3) is 2.47. The first-order valence-corrected chi connectivity index (χ1v) is 6.63. The van der Waals surface area contributed by atoms with Gasteiger partial charge in [0.2, 0.25) is 0 Å². The van der Waals surface area contributed by atoms with E-state index in [2.05, 4.69) is 25.5 Å². The molecule has 0 saturated carbocycles. The number of fused-ring (bicyclic) bond motifs is 1. The van der Waals surface area contributed by atoms with E-state index in [-0.39, 0.29) is 12.1 Å². The minimum Gasteiger partial charge on any atom is -0.370 e. The van der Waals surface area contributed by atoms with Gasteiger partial charge in [-0.1, -0.05) is 0 Å². The first-order chi connectivity index (χ1) is 10.2. The summed E-state index contributed by atoms with van der Waals surface area (Å²) in [6, 6.07) is 3.06. The molecule has 0 spiro atoms. The molecular weight excluding hydrogens is 270 g/mol. The number of hydrogen-bond donors (Lipinski definition) is 1. The average Bonchev–Trinajstić information content (AvgIpc) is 2.84. The number of anilines is 1. The molecular formula is C13H15N7O. The fraction of sp³-hybridized carbons (Fsp3) is 0.308. The molecule has 21 heavy (non-hydrogen) atoms. The van der Waals surface area contributed by atoms with Crippen LogP contribution in [0.5, 0.6) is 0 Å². The lowest BCUT2D eigenvalue weighted by atomic mass is 10.3. The highest BCUT2D eigenvalue weighted by Crippen LogP contribution is 2.19. The summed E-state index contributed by atoms with van der Waals surface area (Å²) in [5, 5.41) is 12.3. The summed E-state index contributed by atoms with van der Waals surface area (Å²) >= 11 is 0. The Bertz CT molecular complexity index is 836. The van der Waals surface area contributed by atoms with Crippen LogP contribution in [0.3, 0.4) is 0 Å². The van der Waals surface area contributed by atoms with E-state index in [4.69, 9.17) is 0 Å². The molecule has 0 saturated heterocycles. The van der Waals surface area contributed by atoms with Gasteiger partial charge in [0.05, 0.1) is 11.6 Å². The van der Waals surface area contributed by atoms with E-state index in [9.17, 15) is 4.79 Å². The van der Waals surface area contributed by atoms with Gasteiger partial charge < -0.3 is 5.32 Å². The van der Waals surface area contributed by atoms with E-state index >= 15 is 0 Å². The standard InChI is InChI=1S/C13H15N7O/c1-3-14-12-9-7-16-19(2)13(9)18-10(17-12)8-20-11(21)5-4-6-15-20/h4-7H,3,8H2,1-2H3,(H,14,17,18). The largest absolute Gasteiger partial charge is 0.370 e. The topological polar surface area (TPSA) is 90.5 Å². The molecule has 0 aliphatic rings. The SMILES string of the molecule is CCNc1nc(Cn2ncccc2=O)nc2c1cnn2C. The predicted molar refractivity (Wildman–Crippen MR) is 78.1 cm³/mol. The first kappa shape index (κ1) is 13.2. The van der Waals surface area contributed by atoms with Crippen molar-refractivity contribution in [2.45, 2.75) is 13.5 Å². The highest BCUT2D eigenvalue weighted by molar-refractivity contribution is 5.86. The second-order valence-corrected chi connectivity index (χ2v) is 4.54. The fourth-order valence-corrected chi connectivity index (χ4v) is 2.08. The van der Waals surface area contributed by atoms with Crippen molar-refractivity contribution in [3.05, 3.63) is 40.7 Å². The second kappa shape index (κ2) is 5.31. The van der Waals surface area contributed by atoms with Crippen molar-refractivity contribution in [1.29, 1.82) is 0 Å². The van der Waals surface area contributed by atoms with E-state index < -0.39 is 0 Å². The number of hydrogen-bond acceptors (Lipinski definition) is 6. The lowest BCUT2D eigenvalue weighted by Gasteiger charge is -2.08. The number of nitrogens with zero attached hydrogens (tertiary/aromatic N) is 6. The number of rotatable bonds is 4. The molecule has 3 aromatic heterocycles. The van der Waals surface area contributed by atoms with Crippen molar-refractivity contribution >= 4 is 16.9 Å². The van der Waals surface area contributed by atoms with Crippen LogP contribution in [-0.4, -0.2) is 36.1 Å². The zero-order chi connectivity index (χ0) is 14.8. The van der Waals surface area contributed by atoms with Gasteiger partial charge in [-0.3, -0.25) is 9.48 Å². The number of nitrogens with one attached hydrogen (secondary N) is 1. The Morgan fingerprint density at radius 2 is 2.14 bits per heavy atom. The summed E-state index contributed by atoms with van der Waals surface area (Å²) in [6.07, 6.45) is 3.29. The van der Waals surface area contributed by atoms with E-state index in [0.717, 1.165) is 23.4 Å². The van der Waals surface area contributed by atoms with Crippen LogP contribution in [0.1, 0.15) is 12.7 Å². The molecule has 3 aromatic rings. The molecule has 0 atom stereocenters. The number of aromatic nitrogens is 6. The first-order valence-electron chi connectivity index (χ1n) is 6.63. The quantitative estimate of drug-likeness (QED) is 0.746. The predicted octanol–water partition coefficient (Wildman–Crippen LogP) is 0.400. The maximum absolute atomic E-state index is 11.7. The van der Waals surface area contributed by atoms with Crippen LogP contribution in [0.4, 0.5) is 5.82 Å². The van der Waals surface area contributed by atoms with Crippen molar-refractivity contribution in [3.8, 4) is 0 Å². The average molecular weight is 285 g/mol. The van der Waals surface area contributed by atoms with Crippen LogP contribution in [0.25, 0.3) is 11.0 Å². The Morgan fingerprint density at radius 3 is 2.90 bits per heavy atom. The van der Waals surface area contributed by atoms with Crippen molar-refractivity contribution in [1.82, 2.24) is 29.5 Å². The van der Waals surface area contributed by atoms with Crippen LogP contribution in [0, 0.1) is 0 Å². The molecule has 1 N–H and O–H groups in total. The minimum atomic E-state index is -0.184. The Hall–Kier alpha value is -2.77. The Morgan fingerprint density at radius 1 is 1.29 bits per heavy atom. The van der Waals surface area contributed by atoms with Gasteiger partial charge in [0, 0.05) is 25.9 Å². The van der Waals surface area contributed by atoms with Crippen molar-refractivity contribution in [2.24, 2.45) is 7.05 Å². The van der Waals surface area contributed by atoms with E-state index in [1.54, 1.807) is 23.1 Å². The minimum absolute atomic E-state index is 0.184. The van der Waals surface area contributed by atoms with Gasteiger partial charge in [-0.25, -0.2) is 14.6 Å². The zero-order valence-corrected chi connectivity index (χ0v) is 11.8. The molecule has 0 unspecified atom stereocenters. The molecule has 0 amide bonds. The Labute approximate surface area is 120 Å². The van der Waals surface area contributed by atoms with Gasteiger partial charge in [-0.2, -0.15) is 10.2 Å². The summed E-state index contributed by atoms with van der Waals surface area (Å²) < 4.78 is 3.01. The van der Waals surface area contributed by atoms with Crippen molar-refractivity contribution in [3.63, 3.8) is 0 Å². The molecule has 8 nitrogen and oxygen atoms in total. The van der Waals surface area contributed by atoms with Crippen LogP contribution < -0.4 is 10.9 Å². The summed E-state index contributed by atoms with van der Waals surface area (Å²) in [6.45, 7) is 2.95. The van der Waals surface area contributed by atoms with Gasteiger partial charge in [-0.05, 0) is 13.0 Å². The Kier molecular flexibility index (Phi) is 3.35. The summed E-state index contributed by atoms with van der Waals surface area (Å²) in [4.78, 5) is 20.7.